The van der Waals surface area contributed by atoms with Crippen LogP contribution >= 0.6 is 0 Å². The Morgan fingerprint density at radius 3 is 2.96 bits per heavy atom. The van der Waals surface area contributed by atoms with Gasteiger partial charge < -0.3 is 10.2 Å². The number of carbonyl (C=O) groups is 2. The molecule has 1 aromatic heterocycles. The van der Waals surface area contributed by atoms with Gasteiger partial charge >= 0.3 is 0 Å². The van der Waals surface area contributed by atoms with Crippen LogP contribution in [0.3, 0.4) is 0 Å². The number of alkyl halides is 1. The van der Waals surface area contributed by atoms with Gasteiger partial charge in [0.1, 0.15) is 12.2 Å². The largest absolute Gasteiger partial charge is 0.343 e. The Labute approximate surface area is 137 Å². The third-order valence-corrected chi connectivity index (χ3v) is 4.01. The first-order chi connectivity index (χ1) is 11.6. The molecule has 0 spiro atoms. The van der Waals surface area contributed by atoms with E-state index in [1.54, 1.807) is 24.3 Å². The van der Waals surface area contributed by atoms with Crippen LogP contribution in [0.2, 0.25) is 0 Å². The minimum absolute atomic E-state index is 0.0190. The van der Waals surface area contributed by atoms with E-state index in [0.29, 0.717) is 16.5 Å². The SMILES string of the molecule is N#C[C@@H]1C[C@H](F)CN1C(=O)CNC(=O)c1ccnc2ccccc12. The van der Waals surface area contributed by atoms with Crippen LogP contribution < -0.4 is 5.32 Å². The zero-order valence-corrected chi connectivity index (χ0v) is 12.8. The zero-order valence-electron chi connectivity index (χ0n) is 12.8. The number of rotatable bonds is 3. The molecular formula is C17H15FN4O2. The van der Waals surface area contributed by atoms with E-state index < -0.39 is 24.0 Å². The summed E-state index contributed by atoms with van der Waals surface area (Å²) in [5.41, 5.74) is 1.09. The van der Waals surface area contributed by atoms with Crippen molar-refractivity contribution in [1.82, 2.24) is 15.2 Å². The van der Waals surface area contributed by atoms with E-state index in [-0.39, 0.29) is 19.5 Å². The van der Waals surface area contributed by atoms with Gasteiger partial charge in [-0.25, -0.2) is 4.39 Å². The van der Waals surface area contributed by atoms with Gasteiger partial charge in [0.25, 0.3) is 5.91 Å². The number of benzene rings is 1. The second-order valence-corrected chi connectivity index (χ2v) is 5.58. The van der Waals surface area contributed by atoms with Gasteiger partial charge in [-0.05, 0) is 12.1 Å². The zero-order chi connectivity index (χ0) is 17.1. The van der Waals surface area contributed by atoms with Gasteiger partial charge in [0, 0.05) is 18.0 Å². The molecule has 1 fully saturated rings. The summed E-state index contributed by atoms with van der Waals surface area (Å²) in [5.74, 6) is -0.875. The van der Waals surface area contributed by atoms with E-state index in [2.05, 4.69) is 10.3 Å². The summed E-state index contributed by atoms with van der Waals surface area (Å²) in [6, 6.07) is 9.91. The lowest BCUT2D eigenvalue weighted by Crippen LogP contribution is -2.42. The normalized spacial score (nSPS) is 19.9. The highest BCUT2D eigenvalue weighted by molar-refractivity contribution is 6.06. The summed E-state index contributed by atoms with van der Waals surface area (Å²) < 4.78 is 13.4. The van der Waals surface area contributed by atoms with Crippen molar-refractivity contribution in [3.05, 3.63) is 42.1 Å². The number of aromatic nitrogens is 1. The Bertz CT molecular complexity index is 827. The van der Waals surface area contributed by atoms with Gasteiger partial charge in [-0.1, -0.05) is 18.2 Å². The first-order valence-electron chi connectivity index (χ1n) is 7.55. The molecule has 2 atom stereocenters. The molecule has 0 radical (unpaired) electrons. The molecular weight excluding hydrogens is 311 g/mol. The molecule has 1 N–H and O–H groups in total. The number of hydrogen-bond acceptors (Lipinski definition) is 4. The smallest absolute Gasteiger partial charge is 0.252 e. The van der Waals surface area contributed by atoms with Crippen molar-refractivity contribution in [2.75, 3.05) is 13.1 Å². The van der Waals surface area contributed by atoms with E-state index in [1.165, 1.54) is 11.1 Å². The molecule has 1 aromatic carbocycles. The first kappa shape index (κ1) is 15.9. The van der Waals surface area contributed by atoms with Crippen molar-refractivity contribution in [2.24, 2.45) is 0 Å². The van der Waals surface area contributed by atoms with Gasteiger partial charge in [-0.3, -0.25) is 14.6 Å². The fraction of sp³-hybridized carbons (Fsp3) is 0.294. The van der Waals surface area contributed by atoms with Crippen LogP contribution in [0.5, 0.6) is 0 Å². The molecule has 7 heteroatoms. The number of fused-ring (bicyclic) bond motifs is 1. The highest BCUT2D eigenvalue weighted by atomic mass is 19.1. The Morgan fingerprint density at radius 2 is 2.17 bits per heavy atom. The van der Waals surface area contributed by atoms with Gasteiger partial charge in [-0.15, -0.1) is 0 Å². The molecule has 3 rings (SSSR count). The maximum Gasteiger partial charge on any atom is 0.252 e. The maximum atomic E-state index is 13.4. The molecule has 0 saturated carbocycles. The summed E-state index contributed by atoms with van der Waals surface area (Å²) in [6.07, 6.45) is 0.350. The number of hydrogen-bond donors (Lipinski definition) is 1. The summed E-state index contributed by atoms with van der Waals surface area (Å²) in [5, 5.41) is 12.2. The number of nitrogens with one attached hydrogen (secondary N) is 1. The third kappa shape index (κ3) is 3.04. The van der Waals surface area contributed by atoms with Crippen molar-refractivity contribution < 1.29 is 14.0 Å². The minimum atomic E-state index is -1.20. The fourth-order valence-corrected chi connectivity index (χ4v) is 2.83. The van der Waals surface area contributed by atoms with E-state index in [0.717, 1.165) is 0 Å². The molecule has 122 valence electrons. The monoisotopic (exact) mass is 326 g/mol. The summed E-state index contributed by atoms with van der Waals surface area (Å²) >= 11 is 0. The molecule has 2 aromatic rings. The lowest BCUT2D eigenvalue weighted by atomic mass is 10.1. The highest BCUT2D eigenvalue weighted by Crippen LogP contribution is 2.20. The van der Waals surface area contributed by atoms with Crippen molar-refractivity contribution >= 4 is 22.7 Å². The second kappa shape index (κ2) is 6.62. The van der Waals surface area contributed by atoms with Crippen molar-refractivity contribution in [1.29, 1.82) is 5.26 Å². The molecule has 0 bridgehead atoms. The number of pyridine rings is 1. The Kier molecular flexibility index (Phi) is 4.38. The average Bonchev–Trinajstić information content (AvgIpc) is 3.00. The Hall–Kier alpha value is -3.01. The van der Waals surface area contributed by atoms with Crippen molar-refractivity contribution in [3.8, 4) is 6.07 Å². The summed E-state index contributed by atoms with van der Waals surface area (Å²) in [7, 11) is 0. The van der Waals surface area contributed by atoms with Crippen LogP contribution in [0.15, 0.2) is 36.5 Å². The minimum Gasteiger partial charge on any atom is -0.343 e. The van der Waals surface area contributed by atoms with E-state index in [9.17, 15) is 14.0 Å². The van der Waals surface area contributed by atoms with Crippen LogP contribution in [-0.2, 0) is 4.79 Å². The quantitative estimate of drug-likeness (QED) is 0.924. The van der Waals surface area contributed by atoms with Crippen LogP contribution in [0.4, 0.5) is 4.39 Å². The lowest BCUT2D eigenvalue weighted by Gasteiger charge is -2.19. The van der Waals surface area contributed by atoms with Gasteiger partial charge in [0.05, 0.1) is 30.2 Å². The molecule has 1 aliphatic rings. The average molecular weight is 326 g/mol. The first-order valence-corrected chi connectivity index (χ1v) is 7.55. The second-order valence-electron chi connectivity index (χ2n) is 5.58. The van der Waals surface area contributed by atoms with Crippen LogP contribution in [0, 0.1) is 11.3 Å². The highest BCUT2D eigenvalue weighted by Gasteiger charge is 2.35. The number of likely N-dealkylation sites (tertiary alicyclic amines) is 1. The summed E-state index contributed by atoms with van der Waals surface area (Å²) in [4.78, 5) is 29.8. The number of amides is 2. The van der Waals surface area contributed by atoms with E-state index >= 15 is 0 Å². The van der Waals surface area contributed by atoms with E-state index in [4.69, 9.17) is 5.26 Å². The molecule has 1 saturated heterocycles. The predicted molar refractivity (Wildman–Crippen MR) is 84.7 cm³/mol. The maximum absolute atomic E-state index is 13.4. The Balaban J connectivity index is 1.69. The molecule has 2 heterocycles. The van der Waals surface area contributed by atoms with Crippen molar-refractivity contribution in [3.63, 3.8) is 0 Å². The van der Waals surface area contributed by atoms with Gasteiger partial charge in [0.15, 0.2) is 0 Å². The number of para-hydroxylation sites is 1. The molecule has 2 amide bonds. The van der Waals surface area contributed by atoms with Crippen molar-refractivity contribution in [2.45, 2.75) is 18.6 Å². The molecule has 0 aliphatic carbocycles. The number of nitriles is 1. The van der Waals surface area contributed by atoms with Crippen LogP contribution in [-0.4, -0.2) is 47.0 Å². The number of carbonyl (C=O) groups excluding carboxylic acids is 2. The van der Waals surface area contributed by atoms with Crippen LogP contribution in [0.1, 0.15) is 16.8 Å². The Morgan fingerprint density at radius 1 is 1.38 bits per heavy atom. The molecule has 6 nitrogen and oxygen atoms in total. The number of halogens is 1. The fourth-order valence-electron chi connectivity index (χ4n) is 2.83. The lowest BCUT2D eigenvalue weighted by molar-refractivity contribution is -0.130. The van der Waals surface area contributed by atoms with Gasteiger partial charge in [-0.2, -0.15) is 5.26 Å². The standard InChI is InChI=1S/C17H15FN4O2/c18-11-7-12(8-19)22(10-11)16(23)9-21-17(24)14-5-6-20-15-4-2-1-3-13(14)15/h1-6,11-12H,7,9-10H2,(H,21,24)/t11-,12-/m0/s1. The van der Waals surface area contributed by atoms with Crippen LogP contribution in [0.25, 0.3) is 10.9 Å². The van der Waals surface area contributed by atoms with E-state index in [1.807, 2.05) is 12.1 Å². The summed E-state index contributed by atoms with van der Waals surface area (Å²) in [6.45, 7) is -0.383. The predicted octanol–water partition coefficient (Wildman–Crippen LogP) is 1.43. The third-order valence-electron chi connectivity index (χ3n) is 4.01. The molecule has 0 unspecified atom stereocenters. The number of nitrogens with zero attached hydrogens (tertiary/aromatic N) is 3. The molecule has 1 aliphatic heterocycles. The van der Waals surface area contributed by atoms with Gasteiger partial charge in [0.2, 0.25) is 5.91 Å². The topological polar surface area (TPSA) is 86.1 Å². The molecule has 24 heavy (non-hydrogen) atoms.